The zero-order chi connectivity index (χ0) is 46.2. The largest absolute Gasteiger partial charge is 0.472 e. The molecule has 0 aromatic rings. The van der Waals surface area contributed by atoms with Gasteiger partial charge in [0.15, 0.2) is 0 Å². The lowest BCUT2D eigenvalue weighted by Gasteiger charge is -2.24. The third-order valence-corrected chi connectivity index (χ3v) is 10.8. The Kier molecular flexibility index (Phi) is 43.7. The number of phosphoric acid groups is 1. The van der Waals surface area contributed by atoms with E-state index in [1.807, 2.05) is 21.1 Å². The van der Waals surface area contributed by atoms with Crippen LogP contribution in [0.4, 0.5) is 0 Å². The van der Waals surface area contributed by atoms with Crippen molar-refractivity contribution in [3.05, 3.63) is 109 Å². The fourth-order valence-electron chi connectivity index (χ4n) is 6.03. The summed E-state index contributed by atoms with van der Waals surface area (Å²) < 4.78 is 35.1. The third kappa shape index (κ3) is 50.0. The predicted octanol–water partition coefficient (Wildman–Crippen LogP) is 15.2. The minimum Gasteiger partial charge on any atom is -0.457 e. The van der Waals surface area contributed by atoms with Crippen LogP contribution in [0.5, 0.6) is 0 Å². The minimum atomic E-state index is -4.30. The number of hydrogen-bond donors (Lipinski definition) is 1. The standard InChI is InChI=1S/C54H92NO7P/c1-6-8-10-12-14-16-18-20-22-24-26-27-28-30-32-34-36-38-40-42-44-46-49-59-51-53(52-61-63(57,58)60-50-48-55(3,4)5)62-54(56)47-45-43-41-39-37-35-33-31-29-25-23-21-19-17-15-13-11-9-7-2/h8,10,14-17,20-23,26-27,29-32,36,38,53H,6-7,9,11-13,18-19,24-25,28,33-35,37,39-52H2,1-5H3/p+1/b10-8-,16-14-,17-15-,22-20-,23-21-,27-26-,31-29-,32-30-,38-36-. The fourth-order valence-corrected chi connectivity index (χ4v) is 6.77. The van der Waals surface area contributed by atoms with Crippen LogP contribution in [0, 0.1) is 0 Å². The highest BCUT2D eigenvalue weighted by Crippen LogP contribution is 2.43. The molecule has 0 heterocycles. The van der Waals surface area contributed by atoms with Gasteiger partial charge in [0.1, 0.15) is 19.3 Å². The molecule has 2 atom stereocenters. The zero-order valence-corrected chi connectivity index (χ0v) is 41.7. The van der Waals surface area contributed by atoms with Crippen molar-refractivity contribution in [2.24, 2.45) is 0 Å². The first-order valence-corrected chi connectivity index (χ1v) is 26.1. The second kappa shape index (κ2) is 45.7. The molecule has 0 rings (SSSR count). The maximum Gasteiger partial charge on any atom is 0.472 e. The molecule has 0 bridgehead atoms. The molecule has 0 radical (unpaired) electrons. The van der Waals surface area contributed by atoms with Gasteiger partial charge in [-0.3, -0.25) is 13.8 Å². The molecule has 8 nitrogen and oxygen atoms in total. The smallest absolute Gasteiger partial charge is 0.457 e. The van der Waals surface area contributed by atoms with Gasteiger partial charge < -0.3 is 18.9 Å². The molecule has 9 heteroatoms. The molecule has 0 saturated carbocycles. The minimum absolute atomic E-state index is 0.0721. The second-order valence-corrected chi connectivity index (χ2v) is 18.6. The second-order valence-electron chi connectivity index (χ2n) is 17.1. The summed E-state index contributed by atoms with van der Waals surface area (Å²) in [5.74, 6) is -0.343. The molecule has 1 N–H and O–H groups in total. The first kappa shape index (κ1) is 60.2. The van der Waals surface area contributed by atoms with E-state index in [1.165, 1.54) is 38.5 Å². The van der Waals surface area contributed by atoms with Gasteiger partial charge in [-0.1, -0.05) is 168 Å². The van der Waals surface area contributed by atoms with Crippen LogP contribution < -0.4 is 0 Å². The summed E-state index contributed by atoms with van der Waals surface area (Å²) in [5.41, 5.74) is 0. The van der Waals surface area contributed by atoms with Crippen molar-refractivity contribution in [2.45, 2.75) is 174 Å². The van der Waals surface area contributed by atoms with Gasteiger partial charge in [-0.2, -0.15) is 0 Å². The van der Waals surface area contributed by atoms with E-state index >= 15 is 0 Å². The van der Waals surface area contributed by atoms with Crippen LogP contribution in [0.25, 0.3) is 0 Å². The van der Waals surface area contributed by atoms with Crippen molar-refractivity contribution >= 4 is 13.8 Å². The summed E-state index contributed by atoms with van der Waals surface area (Å²) in [7, 11) is 1.61. The quantitative estimate of drug-likeness (QED) is 0.0214. The number of likely N-dealkylation sites (N-methyl/N-ethyl adjacent to an activating group) is 1. The lowest BCUT2D eigenvalue weighted by atomic mass is 10.1. The number of ether oxygens (including phenoxy) is 2. The predicted molar refractivity (Wildman–Crippen MR) is 270 cm³/mol. The van der Waals surface area contributed by atoms with Crippen molar-refractivity contribution in [1.82, 2.24) is 0 Å². The Labute approximate surface area is 387 Å². The molecule has 0 fully saturated rings. The van der Waals surface area contributed by atoms with E-state index < -0.39 is 13.9 Å². The van der Waals surface area contributed by atoms with E-state index in [4.69, 9.17) is 18.5 Å². The molecular formula is C54H93NO7P+. The van der Waals surface area contributed by atoms with Crippen LogP contribution in [0.15, 0.2) is 109 Å². The van der Waals surface area contributed by atoms with E-state index in [1.54, 1.807) is 0 Å². The molecule has 0 aromatic carbocycles. The van der Waals surface area contributed by atoms with Crippen LogP contribution in [0.2, 0.25) is 0 Å². The topological polar surface area (TPSA) is 91.3 Å². The molecule has 0 aliphatic heterocycles. The maximum atomic E-state index is 12.7. The molecule has 0 aliphatic rings. The number of unbranched alkanes of at least 4 members (excludes halogenated alkanes) is 12. The van der Waals surface area contributed by atoms with Gasteiger partial charge in [-0.15, -0.1) is 0 Å². The highest BCUT2D eigenvalue weighted by molar-refractivity contribution is 7.47. The van der Waals surface area contributed by atoms with Crippen LogP contribution in [-0.2, 0) is 27.9 Å². The normalized spacial score (nSPS) is 14.6. The van der Waals surface area contributed by atoms with Gasteiger partial charge in [0, 0.05) is 13.0 Å². The van der Waals surface area contributed by atoms with Crippen molar-refractivity contribution in [3.8, 4) is 0 Å². The van der Waals surface area contributed by atoms with E-state index in [-0.39, 0.29) is 25.8 Å². The summed E-state index contributed by atoms with van der Waals surface area (Å²) in [6.07, 6.45) is 64.2. The lowest BCUT2D eigenvalue weighted by Crippen LogP contribution is -2.37. The third-order valence-electron chi connectivity index (χ3n) is 9.82. The highest BCUT2D eigenvalue weighted by Gasteiger charge is 2.26. The average molecular weight is 899 g/mol. The van der Waals surface area contributed by atoms with Crippen LogP contribution in [-0.4, -0.2) is 75.6 Å². The first-order valence-electron chi connectivity index (χ1n) is 24.6. The summed E-state index contributed by atoms with van der Waals surface area (Å²) in [4.78, 5) is 23.0. The van der Waals surface area contributed by atoms with Crippen molar-refractivity contribution in [3.63, 3.8) is 0 Å². The number of carbonyl (C=O) groups is 1. The number of phosphoric ester groups is 1. The van der Waals surface area contributed by atoms with Crippen LogP contribution >= 0.6 is 7.82 Å². The molecule has 0 aliphatic carbocycles. The van der Waals surface area contributed by atoms with Gasteiger partial charge >= 0.3 is 13.8 Å². The fraction of sp³-hybridized carbons (Fsp3) is 0.648. The van der Waals surface area contributed by atoms with Gasteiger partial charge in [0.2, 0.25) is 0 Å². The molecule has 0 amide bonds. The number of esters is 1. The maximum absolute atomic E-state index is 12.7. The number of nitrogens with zero attached hydrogens (tertiary/aromatic N) is 1. The van der Waals surface area contributed by atoms with Crippen molar-refractivity contribution < 1.29 is 37.3 Å². The van der Waals surface area contributed by atoms with Gasteiger partial charge in [-0.05, 0) is 103 Å². The van der Waals surface area contributed by atoms with Crippen molar-refractivity contribution in [1.29, 1.82) is 0 Å². The van der Waals surface area contributed by atoms with Gasteiger partial charge in [0.25, 0.3) is 0 Å². The van der Waals surface area contributed by atoms with Gasteiger partial charge in [0.05, 0.1) is 34.4 Å². The average Bonchev–Trinajstić information content (AvgIpc) is 3.24. The molecule has 0 spiro atoms. The number of hydrogen-bond acceptors (Lipinski definition) is 6. The van der Waals surface area contributed by atoms with Crippen LogP contribution in [0.1, 0.15) is 168 Å². The Balaban J connectivity index is 4.31. The molecule has 63 heavy (non-hydrogen) atoms. The first-order chi connectivity index (χ1) is 30.6. The van der Waals surface area contributed by atoms with E-state index in [2.05, 4.69) is 123 Å². The molecule has 0 aromatic heterocycles. The van der Waals surface area contributed by atoms with Gasteiger partial charge in [-0.25, -0.2) is 4.57 Å². The van der Waals surface area contributed by atoms with E-state index in [0.29, 0.717) is 24.1 Å². The van der Waals surface area contributed by atoms with Crippen LogP contribution in [0.3, 0.4) is 0 Å². The monoisotopic (exact) mass is 899 g/mol. The highest BCUT2D eigenvalue weighted by atomic mass is 31.2. The van der Waals surface area contributed by atoms with E-state index in [9.17, 15) is 14.3 Å². The molecule has 2 unspecified atom stereocenters. The molecular weight excluding hydrogens is 806 g/mol. The SMILES string of the molecule is CC/C=C\C/C=C\C/C=C\C/C=C\C/C=C\C/C=C\CCCCCOCC(COP(=O)(O)OCC[N+](C)(C)C)OC(=O)CCCCCCCC/C=C\C/C=C\C/C=C\CCCCC. The summed E-state index contributed by atoms with van der Waals surface area (Å²) >= 11 is 0. The summed E-state index contributed by atoms with van der Waals surface area (Å²) in [6.45, 7) is 5.35. The Morgan fingerprint density at radius 3 is 1.38 bits per heavy atom. The zero-order valence-electron chi connectivity index (χ0n) is 40.8. The number of quaternary nitrogens is 1. The Morgan fingerprint density at radius 1 is 0.508 bits per heavy atom. The Hall–Kier alpha value is -2.84. The number of allylic oxidation sites excluding steroid dienone is 18. The number of carbonyl (C=O) groups excluding carboxylic acids is 1. The van der Waals surface area contributed by atoms with Crippen molar-refractivity contribution in [2.75, 3.05) is 54.1 Å². The number of rotatable bonds is 44. The molecule has 0 saturated heterocycles. The summed E-state index contributed by atoms with van der Waals surface area (Å²) in [6, 6.07) is 0. The Morgan fingerprint density at radius 2 is 0.921 bits per heavy atom. The Bertz CT molecular complexity index is 1370. The molecule has 360 valence electrons. The van der Waals surface area contributed by atoms with E-state index in [0.717, 1.165) is 109 Å². The summed E-state index contributed by atoms with van der Waals surface area (Å²) in [5, 5.41) is 0. The lowest BCUT2D eigenvalue weighted by molar-refractivity contribution is -0.870.